The number of aryl methyl sites for hydroxylation is 2. The van der Waals surface area contributed by atoms with E-state index in [1.807, 2.05) is 0 Å². The first-order chi connectivity index (χ1) is 8.29. The van der Waals surface area contributed by atoms with Crippen LogP contribution in [0, 0.1) is 0 Å². The number of nitrogens with one attached hydrogen (secondary N) is 2. The first-order valence-electron chi connectivity index (χ1n) is 6.03. The molecule has 0 aromatic heterocycles. The fourth-order valence-electron chi connectivity index (χ4n) is 2.15. The lowest BCUT2D eigenvalue weighted by atomic mass is 10.1. The minimum absolute atomic E-state index is 0.0355. The molecule has 0 radical (unpaired) electrons. The van der Waals surface area contributed by atoms with Crippen molar-refractivity contribution in [1.29, 1.82) is 0 Å². The number of benzene rings is 1. The average molecular weight is 234 g/mol. The van der Waals surface area contributed by atoms with E-state index in [0.29, 0.717) is 6.54 Å². The fourth-order valence-corrected chi connectivity index (χ4v) is 2.15. The fraction of sp³-hybridized carbons (Fsp3) is 0.462. The van der Waals surface area contributed by atoms with Crippen LogP contribution in [0.15, 0.2) is 18.2 Å². The summed E-state index contributed by atoms with van der Waals surface area (Å²) in [5, 5.41) is 13.9. The van der Waals surface area contributed by atoms with Crippen molar-refractivity contribution in [1.82, 2.24) is 10.6 Å². The summed E-state index contributed by atoms with van der Waals surface area (Å²) in [6.07, 6.45) is 3.57. The van der Waals surface area contributed by atoms with Crippen LogP contribution in [-0.2, 0) is 19.4 Å². The first kappa shape index (κ1) is 11.9. The topological polar surface area (TPSA) is 61.4 Å². The third-order valence-corrected chi connectivity index (χ3v) is 3.01. The zero-order valence-electron chi connectivity index (χ0n) is 9.83. The number of rotatable bonds is 4. The lowest BCUT2D eigenvalue weighted by Crippen LogP contribution is -2.36. The smallest absolute Gasteiger partial charge is 0.315 e. The van der Waals surface area contributed by atoms with Crippen LogP contribution >= 0.6 is 0 Å². The van der Waals surface area contributed by atoms with Crippen LogP contribution in [0.5, 0.6) is 0 Å². The van der Waals surface area contributed by atoms with E-state index in [9.17, 15) is 4.79 Å². The highest BCUT2D eigenvalue weighted by atomic mass is 16.3. The third-order valence-electron chi connectivity index (χ3n) is 3.01. The molecule has 1 aromatic rings. The summed E-state index contributed by atoms with van der Waals surface area (Å²) in [6.45, 7) is 0.785. The number of hydrogen-bond donors (Lipinski definition) is 3. The Morgan fingerprint density at radius 1 is 1.24 bits per heavy atom. The highest BCUT2D eigenvalue weighted by Gasteiger charge is 2.10. The van der Waals surface area contributed by atoms with Crippen molar-refractivity contribution in [3.63, 3.8) is 0 Å². The summed E-state index contributed by atoms with van der Waals surface area (Å²) in [6, 6.07) is 6.16. The maximum absolute atomic E-state index is 11.3. The highest BCUT2D eigenvalue weighted by Crippen LogP contribution is 2.22. The van der Waals surface area contributed by atoms with Crippen LogP contribution in [0.25, 0.3) is 0 Å². The molecule has 2 rings (SSSR count). The van der Waals surface area contributed by atoms with E-state index >= 15 is 0 Å². The molecule has 1 aliphatic carbocycles. The molecule has 17 heavy (non-hydrogen) atoms. The minimum atomic E-state index is -0.237. The molecule has 4 heteroatoms. The molecule has 92 valence electrons. The molecule has 0 bridgehead atoms. The zero-order valence-corrected chi connectivity index (χ0v) is 9.83. The van der Waals surface area contributed by atoms with Crippen molar-refractivity contribution in [3.8, 4) is 0 Å². The van der Waals surface area contributed by atoms with E-state index < -0.39 is 0 Å². The van der Waals surface area contributed by atoms with Gasteiger partial charge >= 0.3 is 6.03 Å². The van der Waals surface area contributed by atoms with E-state index in [2.05, 4.69) is 28.8 Å². The summed E-state index contributed by atoms with van der Waals surface area (Å²) in [5.41, 5.74) is 3.99. The van der Waals surface area contributed by atoms with Gasteiger partial charge in [-0.15, -0.1) is 0 Å². The van der Waals surface area contributed by atoms with Gasteiger partial charge in [-0.25, -0.2) is 4.79 Å². The Hall–Kier alpha value is -1.55. The van der Waals surface area contributed by atoms with Crippen molar-refractivity contribution in [2.45, 2.75) is 25.8 Å². The van der Waals surface area contributed by atoms with Crippen LogP contribution in [-0.4, -0.2) is 24.3 Å². The van der Waals surface area contributed by atoms with Crippen molar-refractivity contribution in [2.75, 3.05) is 13.2 Å². The monoisotopic (exact) mass is 234 g/mol. The Bertz CT molecular complexity index is 404. The normalized spacial score (nSPS) is 13.2. The van der Waals surface area contributed by atoms with Gasteiger partial charge in [0.1, 0.15) is 0 Å². The van der Waals surface area contributed by atoms with Crippen molar-refractivity contribution >= 4 is 6.03 Å². The summed E-state index contributed by atoms with van der Waals surface area (Å²) >= 11 is 0. The second-order valence-corrected chi connectivity index (χ2v) is 4.29. The van der Waals surface area contributed by atoms with Gasteiger partial charge in [-0.3, -0.25) is 0 Å². The first-order valence-corrected chi connectivity index (χ1v) is 6.03. The zero-order chi connectivity index (χ0) is 12.1. The molecule has 0 heterocycles. The molecule has 2 amide bonds. The molecule has 0 spiro atoms. The van der Waals surface area contributed by atoms with Gasteiger partial charge in [-0.2, -0.15) is 0 Å². The molecule has 0 fully saturated rings. The van der Waals surface area contributed by atoms with Gasteiger partial charge in [0.25, 0.3) is 0 Å². The second kappa shape index (κ2) is 5.68. The summed E-state index contributed by atoms with van der Waals surface area (Å²) in [4.78, 5) is 11.3. The van der Waals surface area contributed by atoms with Gasteiger partial charge in [-0.05, 0) is 36.0 Å². The summed E-state index contributed by atoms with van der Waals surface area (Å²) in [5.74, 6) is 0. The lowest BCUT2D eigenvalue weighted by Gasteiger charge is -2.08. The van der Waals surface area contributed by atoms with Gasteiger partial charge in [0.2, 0.25) is 0 Å². The number of fused-ring (bicyclic) bond motifs is 1. The number of carbonyl (C=O) groups excluding carboxylic acids is 1. The number of amides is 2. The summed E-state index contributed by atoms with van der Waals surface area (Å²) in [7, 11) is 0. The molecule has 0 atom stereocenters. The largest absolute Gasteiger partial charge is 0.395 e. The van der Waals surface area contributed by atoms with E-state index in [1.165, 1.54) is 24.0 Å². The van der Waals surface area contributed by atoms with Crippen LogP contribution in [0.4, 0.5) is 4.79 Å². The van der Waals surface area contributed by atoms with Crippen LogP contribution in [0.1, 0.15) is 23.1 Å². The number of hydrogen-bond acceptors (Lipinski definition) is 2. The lowest BCUT2D eigenvalue weighted by molar-refractivity contribution is 0.234. The van der Waals surface area contributed by atoms with Gasteiger partial charge < -0.3 is 15.7 Å². The van der Waals surface area contributed by atoms with Crippen LogP contribution in [0.3, 0.4) is 0 Å². The van der Waals surface area contributed by atoms with E-state index in [4.69, 9.17) is 5.11 Å². The quantitative estimate of drug-likeness (QED) is 0.727. The van der Waals surface area contributed by atoms with Crippen molar-refractivity contribution in [3.05, 3.63) is 34.9 Å². The number of aliphatic hydroxyl groups is 1. The molecular formula is C13H18N2O2. The van der Waals surface area contributed by atoms with Gasteiger partial charge in [0, 0.05) is 13.1 Å². The Balaban J connectivity index is 1.85. The van der Waals surface area contributed by atoms with Crippen LogP contribution < -0.4 is 10.6 Å². The van der Waals surface area contributed by atoms with E-state index in [-0.39, 0.29) is 19.2 Å². The van der Waals surface area contributed by atoms with Gasteiger partial charge in [0.05, 0.1) is 6.61 Å². The number of carbonyl (C=O) groups is 1. The Morgan fingerprint density at radius 2 is 2.06 bits per heavy atom. The number of urea groups is 1. The molecule has 1 aromatic carbocycles. The molecule has 3 N–H and O–H groups in total. The molecule has 4 nitrogen and oxygen atoms in total. The molecule has 0 saturated heterocycles. The standard InChI is InChI=1S/C13H18N2O2/c16-7-6-14-13(17)15-9-10-4-5-11-2-1-3-12(11)8-10/h4-5,8,16H,1-3,6-7,9H2,(H2,14,15,17). The Labute approximate surface area is 101 Å². The maximum atomic E-state index is 11.3. The predicted octanol–water partition coefficient (Wildman–Crippen LogP) is 0.967. The molecule has 0 saturated carbocycles. The predicted molar refractivity (Wildman–Crippen MR) is 65.8 cm³/mol. The van der Waals surface area contributed by atoms with Crippen molar-refractivity contribution in [2.24, 2.45) is 0 Å². The molecular weight excluding hydrogens is 216 g/mol. The molecule has 1 aliphatic rings. The van der Waals surface area contributed by atoms with Crippen molar-refractivity contribution < 1.29 is 9.90 Å². The Morgan fingerprint density at radius 3 is 2.88 bits per heavy atom. The summed E-state index contributed by atoms with van der Waals surface area (Å²) < 4.78 is 0. The van der Waals surface area contributed by atoms with Gasteiger partial charge in [-0.1, -0.05) is 18.2 Å². The molecule has 0 unspecified atom stereocenters. The minimum Gasteiger partial charge on any atom is -0.395 e. The Kier molecular flexibility index (Phi) is 3.98. The number of aliphatic hydroxyl groups excluding tert-OH is 1. The van der Waals surface area contributed by atoms with Gasteiger partial charge in [0.15, 0.2) is 0 Å². The third kappa shape index (κ3) is 3.20. The second-order valence-electron chi connectivity index (χ2n) is 4.29. The van der Waals surface area contributed by atoms with E-state index in [1.54, 1.807) is 0 Å². The van der Waals surface area contributed by atoms with E-state index in [0.717, 1.165) is 12.0 Å². The highest BCUT2D eigenvalue weighted by molar-refractivity contribution is 5.73. The average Bonchev–Trinajstić information content (AvgIpc) is 2.81. The SMILES string of the molecule is O=C(NCCO)NCc1ccc2c(c1)CCC2. The van der Waals surface area contributed by atoms with Crippen LogP contribution in [0.2, 0.25) is 0 Å². The maximum Gasteiger partial charge on any atom is 0.315 e. The molecule has 0 aliphatic heterocycles.